The number of hydrogen-bond acceptors (Lipinski definition) is 4. The Bertz CT molecular complexity index is 497. The second-order valence-corrected chi connectivity index (χ2v) is 5.77. The van der Waals surface area contributed by atoms with Crippen molar-refractivity contribution >= 4 is 5.78 Å². The van der Waals surface area contributed by atoms with Gasteiger partial charge in [-0.05, 0) is 18.2 Å². The maximum atomic E-state index is 11.7. The SMILES string of the molecule is CCC(=O)c1ccc(OC[C@H](O)C[NH+]2CCCC2)c(OC)c1. The number of ether oxygens (including phenoxy) is 2. The number of quaternary nitrogens is 1. The molecule has 2 N–H and O–H groups in total. The summed E-state index contributed by atoms with van der Waals surface area (Å²) in [5.41, 5.74) is 0.619. The lowest BCUT2D eigenvalue weighted by Crippen LogP contribution is -3.11. The van der Waals surface area contributed by atoms with E-state index < -0.39 is 6.10 Å². The van der Waals surface area contributed by atoms with E-state index in [4.69, 9.17) is 9.47 Å². The molecular weight excluding hydrogens is 282 g/mol. The van der Waals surface area contributed by atoms with Crippen molar-refractivity contribution < 1.29 is 24.3 Å². The molecule has 122 valence electrons. The van der Waals surface area contributed by atoms with Gasteiger partial charge in [-0.3, -0.25) is 4.79 Å². The fraction of sp³-hybridized carbons (Fsp3) is 0.588. The van der Waals surface area contributed by atoms with Crippen LogP contribution in [0.1, 0.15) is 36.5 Å². The maximum absolute atomic E-state index is 11.7. The number of benzene rings is 1. The van der Waals surface area contributed by atoms with Gasteiger partial charge in [0.1, 0.15) is 19.3 Å². The molecule has 1 aromatic carbocycles. The fourth-order valence-corrected chi connectivity index (χ4v) is 2.82. The van der Waals surface area contributed by atoms with Gasteiger partial charge in [0.15, 0.2) is 17.3 Å². The van der Waals surface area contributed by atoms with E-state index in [1.165, 1.54) is 17.7 Å². The van der Waals surface area contributed by atoms with Gasteiger partial charge in [0.05, 0.1) is 20.2 Å². The number of rotatable bonds is 8. The van der Waals surface area contributed by atoms with Crippen molar-refractivity contribution in [3.05, 3.63) is 23.8 Å². The molecule has 0 unspecified atom stereocenters. The average molecular weight is 308 g/mol. The molecule has 1 aliphatic rings. The standard InChI is InChI=1S/C17H25NO4/c1-3-15(20)13-6-7-16(17(10-13)21-2)22-12-14(19)11-18-8-4-5-9-18/h6-7,10,14,19H,3-5,8-9,11-12H2,1-2H3/p+1/t14-/m1/s1. The molecule has 1 fully saturated rings. The Balaban J connectivity index is 1.92. The van der Waals surface area contributed by atoms with E-state index in [-0.39, 0.29) is 12.4 Å². The molecule has 0 amide bonds. The third-order valence-corrected chi connectivity index (χ3v) is 4.07. The number of nitrogens with one attached hydrogen (secondary N) is 1. The van der Waals surface area contributed by atoms with Gasteiger partial charge in [-0.15, -0.1) is 0 Å². The summed E-state index contributed by atoms with van der Waals surface area (Å²) in [5, 5.41) is 10.1. The summed E-state index contributed by atoms with van der Waals surface area (Å²) in [6, 6.07) is 5.16. The molecule has 0 radical (unpaired) electrons. The number of likely N-dealkylation sites (tertiary alicyclic amines) is 1. The van der Waals surface area contributed by atoms with E-state index in [1.807, 2.05) is 6.92 Å². The highest BCUT2D eigenvalue weighted by Crippen LogP contribution is 2.28. The first-order valence-electron chi connectivity index (χ1n) is 7.99. The van der Waals surface area contributed by atoms with Crippen LogP contribution in [0.25, 0.3) is 0 Å². The Morgan fingerprint density at radius 1 is 1.32 bits per heavy atom. The molecule has 1 aliphatic heterocycles. The maximum Gasteiger partial charge on any atom is 0.162 e. The van der Waals surface area contributed by atoms with Crippen molar-refractivity contribution in [1.29, 1.82) is 0 Å². The largest absolute Gasteiger partial charge is 0.493 e. The average Bonchev–Trinajstić information content (AvgIpc) is 3.04. The highest BCUT2D eigenvalue weighted by atomic mass is 16.5. The molecule has 1 heterocycles. The van der Waals surface area contributed by atoms with Crippen LogP contribution >= 0.6 is 0 Å². The number of aliphatic hydroxyl groups excluding tert-OH is 1. The first-order chi connectivity index (χ1) is 10.6. The second kappa shape index (κ2) is 8.15. The lowest BCUT2D eigenvalue weighted by atomic mass is 10.1. The van der Waals surface area contributed by atoms with Crippen LogP contribution in [0.15, 0.2) is 18.2 Å². The summed E-state index contributed by atoms with van der Waals surface area (Å²) in [5.74, 6) is 1.16. The van der Waals surface area contributed by atoms with Gasteiger partial charge >= 0.3 is 0 Å². The topological polar surface area (TPSA) is 60.2 Å². The van der Waals surface area contributed by atoms with Crippen molar-refractivity contribution in [1.82, 2.24) is 0 Å². The molecule has 5 heteroatoms. The number of Topliss-reactive ketones (excluding diaryl/α,β-unsaturated/α-hetero) is 1. The Hall–Kier alpha value is -1.59. The van der Waals surface area contributed by atoms with Crippen molar-refractivity contribution in [2.75, 3.05) is 33.4 Å². The normalized spacial score (nSPS) is 16.5. The highest BCUT2D eigenvalue weighted by molar-refractivity contribution is 5.96. The van der Waals surface area contributed by atoms with Crippen molar-refractivity contribution in [2.45, 2.75) is 32.3 Å². The molecular formula is C17H26NO4+. The Morgan fingerprint density at radius 3 is 2.68 bits per heavy atom. The second-order valence-electron chi connectivity index (χ2n) is 5.77. The van der Waals surface area contributed by atoms with Crippen molar-refractivity contribution in [2.24, 2.45) is 0 Å². The lowest BCUT2D eigenvalue weighted by molar-refractivity contribution is -0.890. The van der Waals surface area contributed by atoms with E-state index in [0.717, 1.165) is 13.1 Å². The monoisotopic (exact) mass is 308 g/mol. The van der Waals surface area contributed by atoms with E-state index in [1.54, 1.807) is 25.3 Å². The summed E-state index contributed by atoms with van der Waals surface area (Å²) < 4.78 is 11.0. The summed E-state index contributed by atoms with van der Waals surface area (Å²) >= 11 is 0. The smallest absolute Gasteiger partial charge is 0.162 e. The van der Waals surface area contributed by atoms with Gasteiger partial charge in [0.25, 0.3) is 0 Å². The zero-order valence-electron chi connectivity index (χ0n) is 13.4. The molecule has 0 aliphatic carbocycles. The minimum Gasteiger partial charge on any atom is -0.493 e. The van der Waals surface area contributed by atoms with E-state index in [9.17, 15) is 9.90 Å². The van der Waals surface area contributed by atoms with Crippen LogP contribution in [0.4, 0.5) is 0 Å². The van der Waals surface area contributed by atoms with Gasteiger partial charge in [-0.25, -0.2) is 0 Å². The Labute approximate surface area is 131 Å². The number of aliphatic hydroxyl groups is 1. The fourth-order valence-electron chi connectivity index (χ4n) is 2.82. The molecule has 22 heavy (non-hydrogen) atoms. The first kappa shape index (κ1) is 16.8. The van der Waals surface area contributed by atoms with Crippen molar-refractivity contribution in [3.8, 4) is 11.5 Å². The van der Waals surface area contributed by atoms with Crippen LogP contribution in [0, 0.1) is 0 Å². The van der Waals surface area contributed by atoms with E-state index in [2.05, 4.69) is 0 Å². The predicted octanol–water partition coefficient (Wildman–Crippen LogP) is 0.706. The summed E-state index contributed by atoms with van der Waals surface area (Å²) in [4.78, 5) is 13.2. The van der Waals surface area contributed by atoms with Crippen LogP contribution in [0.5, 0.6) is 11.5 Å². The summed E-state index contributed by atoms with van der Waals surface area (Å²) in [6.07, 6.45) is 2.45. The summed E-state index contributed by atoms with van der Waals surface area (Å²) in [6.45, 7) is 5.05. The van der Waals surface area contributed by atoms with Gasteiger partial charge in [0.2, 0.25) is 0 Å². The quantitative estimate of drug-likeness (QED) is 0.694. The Kier molecular flexibility index (Phi) is 6.21. The molecule has 1 saturated heterocycles. The molecule has 5 nitrogen and oxygen atoms in total. The van der Waals surface area contributed by atoms with Gasteiger partial charge in [-0.2, -0.15) is 0 Å². The molecule has 0 saturated carbocycles. The van der Waals surface area contributed by atoms with Gasteiger partial charge in [-0.1, -0.05) is 6.92 Å². The van der Waals surface area contributed by atoms with Crippen LogP contribution < -0.4 is 14.4 Å². The predicted molar refractivity (Wildman–Crippen MR) is 83.9 cm³/mol. The van der Waals surface area contributed by atoms with Crippen LogP contribution in [0.2, 0.25) is 0 Å². The van der Waals surface area contributed by atoms with Crippen LogP contribution in [-0.4, -0.2) is 50.3 Å². The third kappa shape index (κ3) is 4.45. The van der Waals surface area contributed by atoms with Crippen molar-refractivity contribution in [3.63, 3.8) is 0 Å². The number of hydrogen-bond donors (Lipinski definition) is 2. The third-order valence-electron chi connectivity index (χ3n) is 4.07. The molecule has 1 aromatic rings. The highest BCUT2D eigenvalue weighted by Gasteiger charge is 2.20. The molecule has 2 rings (SSSR count). The zero-order chi connectivity index (χ0) is 15.9. The van der Waals surface area contributed by atoms with E-state index in [0.29, 0.717) is 30.0 Å². The number of carbonyl (C=O) groups excluding carboxylic acids is 1. The number of carbonyl (C=O) groups is 1. The molecule has 0 bridgehead atoms. The minimum atomic E-state index is -0.491. The Morgan fingerprint density at radius 2 is 2.05 bits per heavy atom. The van der Waals surface area contributed by atoms with Crippen LogP contribution in [0.3, 0.4) is 0 Å². The molecule has 0 aromatic heterocycles. The first-order valence-corrected chi connectivity index (χ1v) is 7.99. The minimum absolute atomic E-state index is 0.0718. The molecule has 0 spiro atoms. The molecule has 1 atom stereocenters. The van der Waals surface area contributed by atoms with Gasteiger partial charge < -0.3 is 19.5 Å². The zero-order valence-corrected chi connectivity index (χ0v) is 13.4. The number of ketones is 1. The number of methoxy groups -OCH3 is 1. The lowest BCUT2D eigenvalue weighted by Gasteiger charge is -2.18. The summed E-state index contributed by atoms with van der Waals surface area (Å²) in [7, 11) is 1.55. The van der Waals surface area contributed by atoms with Gasteiger partial charge in [0, 0.05) is 24.8 Å². The van der Waals surface area contributed by atoms with E-state index >= 15 is 0 Å². The van der Waals surface area contributed by atoms with Crippen LogP contribution in [-0.2, 0) is 0 Å².